The fraction of sp³-hybridized carbons (Fsp3) is 0.846. The Bertz CT molecular complexity index is 1520. The van der Waals surface area contributed by atoms with Gasteiger partial charge in [0.15, 0.2) is 56.4 Å². The molecule has 1 heterocycles. The molecule has 0 bridgehead atoms. The molecule has 0 N–H and O–H groups in total. The van der Waals surface area contributed by atoms with E-state index in [0.717, 1.165) is 23.5 Å². The van der Waals surface area contributed by atoms with Gasteiger partial charge in [0.2, 0.25) is 8.32 Å². The topological polar surface area (TPSA) is 130 Å². The van der Waals surface area contributed by atoms with Crippen LogP contribution in [0.15, 0.2) is 34.7 Å². The lowest BCUT2D eigenvalue weighted by Crippen LogP contribution is -2.49. The van der Waals surface area contributed by atoms with Gasteiger partial charge in [-0.3, -0.25) is 4.79 Å². The zero-order chi connectivity index (χ0) is 53.3. The van der Waals surface area contributed by atoms with Crippen LogP contribution in [-0.4, -0.2) is 148 Å². The van der Waals surface area contributed by atoms with Gasteiger partial charge in [0, 0.05) is 26.4 Å². The maximum absolute atomic E-state index is 12.4. The highest BCUT2D eigenvalue weighted by atomic mass is 28.5. The van der Waals surface area contributed by atoms with Crippen LogP contribution in [0, 0.1) is 0 Å². The second-order valence-corrected chi connectivity index (χ2v) is 66.7. The van der Waals surface area contributed by atoms with Crippen LogP contribution in [0.25, 0.3) is 0 Å². The van der Waals surface area contributed by atoms with E-state index in [-0.39, 0.29) is 99.7 Å². The van der Waals surface area contributed by atoms with Gasteiger partial charge in [-0.1, -0.05) is 88.3 Å². The molecule has 25 heteroatoms. The highest BCUT2D eigenvalue weighted by molar-refractivity contribution is 6.85. The first-order valence-corrected chi connectivity index (χ1v) is 57.9. The average Bonchev–Trinajstić information content (AvgIpc) is 2.97. The van der Waals surface area contributed by atoms with Crippen LogP contribution in [0.5, 0.6) is 0 Å². The first-order valence-electron chi connectivity index (χ1n) is 23.5. The second kappa shape index (κ2) is 47.7. The second-order valence-electron chi connectivity index (χ2n) is 23.3. The summed E-state index contributed by atoms with van der Waals surface area (Å²) in [6, 6.07) is 1.10. The van der Waals surface area contributed by atoms with Crippen molar-refractivity contribution in [3.63, 3.8) is 0 Å². The Morgan fingerprint density at radius 1 is 0.610 bits per heavy atom. The van der Waals surface area contributed by atoms with Crippen LogP contribution < -0.4 is 0 Å². The number of allylic oxidation sites excluding steroid dienone is 3. The molecule has 480 valence electrons. The normalized spacial score (nSPS) is 15.6. The SMILES string of the molecule is C.C.C.C.C.C.C.C.C.C.C.C=C(COC(=O)/C(C(C)=O)=C(C)/C=C(/C)N(C)C)[Si](C)(C)O[SiH](C)C.C[SiH](O[Si](C)(C)C)O[Si](C)(C)C.C[SiH](O[Si](C)(C)C)O[Si](C)(C)O[Si](C)(C)C.C[SiH]1O[Si](C)(C)CCO[Si](C)(C)O1. The molecule has 1 rings (SSSR count). The Labute approximate surface area is 503 Å². The number of ketones is 1. The van der Waals surface area contributed by atoms with E-state index in [1.807, 2.05) is 39.0 Å². The minimum atomic E-state index is -2.10. The van der Waals surface area contributed by atoms with Crippen LogP contribution in [0.2, 0.25) is 170 Å². The summed E-state index contributed by atoms with van der Waals surface area (Å²) in [6.07, 6.45) is 1.80. The summed E-state index contributed by atoms with van der Waals surface area (Å²) < 4.78 is 59.2. The standard InChI is InChI=1S/C18H33NO4Si2.C9H28O3Si4.C7H20O3Si3.C7H22O2Si3.11CH4/c1-13(11-14(2)19(5)6)17(16(4)20)18(21)22-12-15(3)25(9,10)23-24(7)8;1-13(10-14(2,3)4)11-16(8,9)12-15(5,6)7;1-11-9-12(2,3)7-6-8-13(4,5)10-11;1-10(8-11(2,3)4)9-12(5,6)7;;;;;;;;;;;/h11,24H,3,12H2,1-2,4-10H3;13H,1-9H3;11H,6-7H2,1-5H3;10H,1-7H3;11*1H4/b14-11-,17-13+;;;;;;;;;;;;;;. The van der Waals surface area contributed by atoms with E-state index in [2.05, 4.69) is 157 Å². The van der Waals surface area contributed by atoms with E-state index < -0.39 is 110 Å². The van der Waals surface area contributed by atoms with Crippen molar-refractivity contribution in [2.75, 3.05) is 27.3 Å². The lowest BCUT2D eigenvalue weighted by Gasteiger charge is -2.35. The minimum absolute atomic E-state index is 0. The van der Waals surface area contributed by atoms with E-state index in [4.69, 9.17) is 42.1 Å². The number of Topliss-reactive ketones (excluding diaryl/α,β-unsaturated/α-hetero) is 1. The molecular weight excluding hydrogens is 1170 g/mol. The van der Waals surface area contributed by atoms with Gasteiger partial charge in [-0.05, 0) is 207 Å². The third kappa shape index (κ3) is 65.4. The van der Waals surface area contributed by atoms with E-state index >= 15 is 0 Å². The highest BCUT2D eigenvalue weighted by Gasteiger charge is 2.37. The van der Waals surface area contributed by atoms with Crippen LogP contribution in [0.3, 0.4) is 0 Å². The zero-order valence-electron chi connectivity index (χ0n) is 48.1. The van der Waals surface area contributed by atoms with E-state index in [0.29, 0.717) is 5.57 Å². The number of hydrogen-bond acceptors (Lipinski definition) is 13. The van der Waals surface area contributed by atoms with E-state index in [1.54, 1.807) is 13.0 Å². The molecule has 0 spiro atoms. The third-order valence-electron chi connectivity index (χ3n) is 8.49. The van der Waals surface area contributed by atoms with Gasteiger partial charge in [0.05, 0.1) is 0 Å². The number of hydrogen-bond donors (Lipinski definition) is 0. The molecule has 1 aliphatic heterocycles. The molecule has 77 heavy (non-hydrogen) atoms. The molecule has 0 aliphatic carbocycles. The number of carbonyl (C=O) groups is 2. The van der Waals surface area contributed by atoms with Crippen molar-refractivity contribution in [3.8, 4) is 0 Å². The molecule has 2 atom stereocenters. The summed E-state index contributed by atoms with van der Waals surface area (Å²) in [5, 5.41) is 0.808. The summed E-state index contributed by atoms with van der Waals surface area (Å²) in [5.41, 5.74) is 1.61. The average molecular weight is 1320 g/mol. The summed E-state index contributed by atoms with van der Waals surface area (Å²) >= 11 is 0. The maximum Gasteiger partial charge on any atom is 0.342 e. The Hall–Kier alpha value is 0.403. The monoisotopic (exact) mass is 1310 g/mol. The van der Waals surface area contributed by atoms with Crippen LogP contribution in [0.1, 0.15) is 102 Å². The van der Waals surface area contributed by atoms with Crippen molar-refractivity contribution >= 4 is 116 Å². The minimum Gasteiger partial charge on any atom is -0.458 e. The van der Waals surface area contributed by atoms with Crippen LogP contribution in [0.4, 0.5) is 0 Å². The molecule has 0 aromatic heterocycles. The van der Waals surface area contributed by atoms with Crippen molar-refractivity contribution in [1.29, 1.82) is 0 Å². The smallest absolute Gasteiger partial charge is 0.342 e. The molecule has 1 saturated heterocycles. The number of carbonyl (C=O) groups excluding carboxylic acids is 2. The Balaban J connectivity index is -0.0000000567. The molecule has 2 unspecified atom stereocenters. The van der Waals surface area contributed by atoms with Gasteiger partial charge < -0.3 is 47.0 Å². The van der Waals surface area contributed by atoms with Crippen molar-refractivity contribution in [1.82, 2.24) is 4.90 Å². The van der Waals surface area contributed by atoms with Crippen LogP contribution in [-0.2, 0) is 51.7 Å². The van der Waals surface area contributed by atoms with Crippen LogP contribution >= 0.6 is 0 Å². The van der Waals surface area contributed by atoms with E-state index in [1.165, 1.54) is 6.92 Å². The lowest BCUT2D eigenvalue weighted by molar-refractivity contribution is -0.139. The van der Waals surface area contributed by atoms with Gasteiger partial charge in [-0.25, -0.2) is 4.79 Å². The predicted molar refractivity (Wildman–Crippen MR) is 386 cm³/mol. The Morgan fingerprint density at radius 2 is 0.974 bits per heavy atom. The number of ether oxygens (including phenoxy) is 1. The third-order valence-corrected chi connectivity index (χ3v) is 44.8. The highest BCUT2D eigenvalue weighted by Crippen LogP contribution is 2.22. The van der Waals surface area contributed by atoms with Crippen molar-refractivity contribution in [2.24, 2.45) is 0 Å². The summed E-state index contributed by atoms with van der Waals surface area (Å²) in [6.45, 7) is 64.0. The van der Waals surface area contributed by atoms with Gasteiger partial charge in [-0.2, -0.15) is 0 Å². The zero-order valence-corrected chi connectivity index (χ0v) is 60.7. The fourth-order valence-electron chi connectivity index (χ4n) is 6.38. The molecule has 1 aliphatic rings. The van der Waals surface area contributed by atoms with Crippen molar-refractivity contribution < 1.29 is 51.7 Å². The molecule has 1 fully saturated rings. The fourth-order valence-corrected chi connectivity index (χ4v) is 44.7. The summed E-state index contributed by atoms with van der Waals surface area (Å²) in [4.78, 5) is 26.3. The largest absolute Gasteiger partial charge is 0.458 e. The quantitative estimate of drug-likeness (QED) is 0.0304. The van der Waals surface area contributed by atoms with Crippen molar-refractivity contribution in [2.45, 2.75) is 272 Å². The van der Waals surface area contributed by atoms with Gasteiger partial charge in [0.1, 0.15) is 12.2 Å². The number of esters is 1. The van der Waals surface area contributed by atoms with Gasteiger partial charge in [0.25, 0.3) is 27.9 Å². The van der Waals surface area contributed by atoms with Crippen molar-refractivity contribution in [3.05, 3.63) is 34.7 Å². The Kier molecular flexibility index (Phi) is 69.7. The summed E-state index contributed by atoms with van der Waals surface area (Å²) in [7, 11) is -14.7. The van der Waals surface area contributed by atoms with Gasteiger partial charge >= 0.3 is 23.1 Å². The number of nitrogens with zero attached hydrogens (tertiary/aromatic N) is 1. The summed E-state index contributed by atoms with van der Waals surface area (Å²) in [5.74, 6) is -0.918. The predicted octanol–water partition coefficient (Wildman–Crippen LogP) is 17.8. The molecule has 0 saturated carbocycles. The lowest BCUT2D eigenvalue weighted by atomic mass is 10.1. The number of rotatable bonds is 19. The first kappa shape index (κ1) is 112. The molecule has 0 aromatic carbocycles. The molecule has 0 aromatic rings. The molecular formula is C52H147NO12Si12. The molecule has 13 nitrogen and oxygen atoms in total. The molecule has 0 amide bonds. The first-order chi connectivity index (χ1) is 29.0. The maximum atomic E-state index is 12.4. The Morgan fingerprint density at radius 3 is 1.29 bits per heavy atom. The van der Waals surface area contributed by atoms with Gasteiger partial charge in [-0.15, -0.1) is 0 Å². The molecule has 0 radical (unpaired) electrons. The van der Waals surface area contributed by atoms with E-state index in [9.17, 15) is 9.59 Å².